The summed E-state index contributed by atoms with van der Waals surface area (Å²) in [6.45, 7) is -1.44. The predicted octanol–water partition coefficient (Wildman–Crippen LogP) is 0.918. The van der Waals surface area contributed by atoms with Crippen LogP contribution in [0.15, 0.2) is 0 Å². The number of hydrogen-bond acceptors (Lipinski definition) is 3. The molecule has 0 aromatic heterocycles. The molecule has 1 N–H and O–H groups in total. The fraction of sp³-hybridized carbons (Fsp3) is 0.818. The quantitative estimate of drug-likeness (QED) is 0.840. The van der Waals surface area contributed by atoms with Crippen molar-refractivity contribution in [2.75, 3.05) is 26.3 Å². The zero-order valence-corrected chi connectivity index (χ0v) is 10.6. The molecule has 1 atom stereocenters. The second kappa shape index (κ2) is 5.47. The van der Waals surface area contributed by atoms with E-state index in [2.05, 4.69) is 0 Å². The number of hydrogen-bond donors (Lipinski definition) is 1. The third-order valence-electron chi connectivity index (χ3n) is 3.24. The SMILES string of the molecule is O=C(O)C1COCCN1C(=O)N(CC(F)(F)F)C1CC1. The Morgan fingerprint density at radius 1 is 1.35 bits per heavy atom. The number of halogens is 3. The molecule has 114 valence electrons. The molecule has 9 heteroatoms. The van der Waals surface area contributed by atoms with Crippen LogP contribution in [0, 0.1) is 0 Å². The second-order valence-corrected chi connectivity index (χ2v) is 4.88. The van der Waals surface area contributed by atoms with E-state index in [-0.39, 0.29) is 19.8 Å². The van der Waals surface area contributed by atoms with E-state index in [1.165, 1.54) is 0 Å². The van der Waals surface area contributed by atoms with Gasteiger partial charge in [0.05, 0.1) is 13.2 Å². The number of aliphatic carboxylic acids is 1. The first-order valence-corrected chi connectivity index (χ1v) is 6.24. The van der Waals surface area contributed by atoms with Crippen LogP contribution in [-0.2, 0) is 9.53 Å². The minimum absolute atomic E-state index is 0.0170. The topological polar surface area (TPSA) is 70.1 Å². The monoisotopic (exact) mass is 296 g/mol. The van der Waals surface area contributed by atoms with Crippen LogP contribution in [0.5, 0.6) is 0 Å². The van der Waals surface area contributed by atoms with Gasteiger partial charge in [-0.25, -0.2) is 9.59 Å². The van der Waals surface area contributed by atoms with Crippen LogP contribution in [0.4, 0.5) is 18.0 Å². The standard InChI is InChI=1S/C11H15F3N2O4/c12-11(13,14)6-16(7-1-2-7)10(19)15-3-4-20-5-8(15)9(17)18/h7-8H,1-6H2,(H,17,18). The average molecular weight is 296 g/mol. The molecular weight excluding hydrogens is 281 g/mol. The summed E-state index contributed by atoms with van der Waals surface area (Å²) in [5.74, 6) is -1.28. The number of carbonyl (C=O) groups excluding carboxylic acids is 1. The molecule has 0 radical (unpaired) electrons. The molecule has 1 aliphatic heterocycles. The predicted molar refractivity (Wildman–Crippen MR) is 60.1 cm³/mol. The molecule has 1 saturated carbocycles. The van der Waals surface area contributed by atoms with Crippen molar-refractivity contribution in [3.63, 3.8) is 0 Å². The number of ether oxygens (including phenoxy) is 1. The van der Waals surface area contributed by atoms with Gasteiger partial charge in [0.25, 0.3) is 0 Å². The maximum absolute atomic E-state index is 12.5. The third-order valence-corrected chi connectivity index (χ3v) is 3.24. The lowest BCUT2D eigenvalue weighted by Crippen LogP contribution is -2.58. The van der Waals surface area contributed by atoms with Gasteiger partial charge < -0.3 is 19.6 Å². The number of morpholine rings is 1. The molecule has 0 bridgehead atoms. The molecule has 0 spiro atoms. The molecule has 2 aliphatic rings. The van der Waals surface area contributed by atoms with E-state index >= 15 is 0 Å². The van der Waals surface area contributed by atoms with E-state index < -0.39 is 36.8 Å². The molecule has 20 heavy (non-hydrogen) atoms. The highest BCUT2D eigenvalue weighted by Crippen LogP contribution is 2.31. The van der Waals surface area contributed by atoms with E-state index in [1.807, 2.05) is 0 Å². The van der Waals surface area contributed by atoms with E-state index in [1.54, 1.807) is 0 Å². The van der Waals surface area contributed by atoms with Crippen molar-refractivity contribution >= 4 is 12.0 Å². The highest BCUT2D eigenvalue weighted by atomic mass is 19.4. The van der Waals surface area contributed by atoms with Gasteiger partial charge in [0.1, 0.15) is 6.54 Å². The van der Waals surface area contributed by atoms with Gasteiger partial charge in [-0.05, 0) is 12.8 Å². The Labute approximate surface area is 113 Å². The molecule has 2 fully saturated rings. The van der Waals surface area contributed by atoms with Gasteiger partial charge >= 0.3 is 18.2 Å². The van der Waals surface area contributed by atoms with Crippen molar-refractivity contribution in [1.82, 2.24) is 9.80 Å². The number of carboxylic acid groups (broad SMARTS) is 1. The summed E-state index contributed by atoms with van der Waals surface area (Å²) >= 11 is 0. The lowest BCUT2D eigenvalue weighted by Gasteiger charge is -2.37. The van der Waals surface area contributed by atoms with Crippen LogP contribution in [0.25, 0.3) is 0 Å². The summed E-state index contributed by atoms with van der Waals surface area (Å²) in [6.07, 6.45) is -3.46. The Bertz CT molecular complexity index is 398. The molecule has 1 saturated heterocycles. The number of urea groups is 1. The number of carbonyl (C=O) groups is 2. The van der Waals surface area contributed by atoms with Crippen molar-refractivity contribution in [3.05, 3.63) is 0 Å². The van der Waals surface area contributed by atoms with Crippen LogP contribution >= 0.6 is 0 Å². The number of nitrogens with zero attached hydrogens (tertiary/aromatic N) is 2. The number of carboxylic acids is 1. The lowest BCUT2D eigenvalue weighted by atomic mass is 10.2. The second-order valence-electron chi connectivity index (χ2n) is 4.88. The average Bonchev–Trinajstić information content (AvgIpc) is 3.18. The number of rotatable bonds is 3. The van der Waals surface area contributed by atoms with E-state index in [4.69, 9.17) is 9.84 Å². The first kappa shape index (κ1) is 14.9. The molecule has 0 aromatic carbocycles. The molecule has 2 rings (SSSR count). The summed E-state index contributed by atoms with van der Waals surface area (Å²) in [4.78, 5) is 24.9. The lowest BCUT2D eigenvalue weighted by molar-refractivity contribution is -0.150. The fourth-order valence-electron chi connectivity index (χ4n) is 2.13. The molecule has 1 heterocycles. The number of amides is 2. The zero-order chi connectivity index (χ0) is 14.9. The van der Waals surface area contributed by atoms with Gasteiger partial charge in [0.15, 0.2) is 6.04 Å². The summed E-state index contributed by atoms with van der Waals surface area (Å²) in [5.41, 5.74) is 0. The summed E-state index contributed by atoms with van der Waals surface area (Å²) < 4.78 is 42.5. The highest BCUT2D eigenvalue weighted by molar-refractivity contribution is 5.83. The zero-order valence-electron chi connectivity index (χ0n) is 10.6. The van der Waals surface area contributed by atoms with Gasteiger partial charge in [0, 0.05) is 12.6 Å². The normalized spacial score (nSPS) is 23.6. The highest BCUT2D eigenvalue weighted by Gasteiger charge is 2.44. The maximum Gasteiger partial charge on any atom is 0.406 e. The Hall–Kier alpha value is -1.51. The Kier molecular flexibility index (Phi) is 4.07. The van der Waals surface area contributed by atoms with Crippen molar-refractivity contribution in [2.45, 2.75) is 31.1 Å². The van der Waals surface area contributed by atoms with E-state index in [0.717, 1.165) is 9.80 Å². The summed E-state index contributed by atoms with van der Waals surface area (Å²) in [5, 5.41) is 9.01. The molecule has 1 unspecified atom stereocenters. The van der Waals surface area contributed by atoms with Crippen LogP contribution in [0.2, 0.25) is 0 Å². The van der Waals surface area contributed by atoms with Crippen molar-refractivity contribution in [2.24, 2.45) is 0 Å². The first-order valence-electron chi connectivity index (χ1n) is 6.24. The Morgan fingerprint density at radius 2 is 2.00 bits per heavy atom. The summed E-state index contributed by atoms with van der Waals surface area (Å²) in [7, 11) is 0. The number of alkyl halides is 3. The molecule has 2 amide bonds. The molecular formula is C11H15F3N2O4. The molecule has 6 nitrogen and oxygen atoms in total. The van der Waals surface area contributed by atoms with Crippen LogP contribution < -0.4 is 0 Å². The minimum Gasteiger partial charge on any atom is -0.480 e. The van der Waals surface area contributed by atoms with Gasteiger partial charge in [0.2, 0.25) is 0 Å². The van der Waals surface area contributed by atoms with Gasteiger partial charge in [-0.2, -0.15) is 13.2 Å². The Morgan fingerprint density at radius 3 is 2.50 bits per heavy atom. The first-order chi connectivity index (χ1) is 9.29. The van der Waals surface area contributed by atoms with Crippen LogP contribution in [0.3, 0.4) is 0 Å². The largest absolute Gasteiger partial charge is 0.480 e. The summed E-state index contributed by atoms with van der Waals surface area (Å²) in [6, 6.07) is -2.55. The third kappa shape index (κ3) is 3.53. The van der Waals surface area contributed by atoms with Crippen LogP contribution in [-0.4, -0.2) is 71.5 Å². The van der Waals surface area contributed by atoms with Crippen LogP contribution in [0.1, 0.15) is 12.8 Å². The van der Waals surface area contributed by atoms with Crippen molar-refractivity contribution in [1.29, 1.82) is 0 Å². The maximum atomic E-state index is 12.5. The van der Waals surface area contributed by atoms with Gasteiger partial charge in [-0.3, -0.25) is 0 Å². The minimum atomic E-state index is -4.50. The van der Waals surface area contributed by atoms with Crippen molar-refractivity contribution < 1.29 is 32.6 Å². The van der Waals surface area contributed by atoms with E-state index in [0.29, 0.717) is 12.8 Å². The van der Waals surface area contributed by atoms with Gasteiger partial charge in [-0.15, -0.1) is 0 Å². The Balaban J connectivity index is 2.11. The molecule has 0 aromatic rings. The van der Waals surface area contributed by atoms with Gasteiger partial charge in [-0.1, -0.05) is 0 Å². The van der Waals surface area contributed by atoms with E-state index in [9.17, 15) is 22.8 Å². The molecule has 1 aliphatic carbocycles. The smallest absolute Gasteiger partial charge is 0.406 e. The fourth-order valence-corrected chi connectivity index (χ4v) is 2.13. The van der Waals surface area contributed by atoms with Crippen molar-refractivity contribution in [3.8, 4) is 0 Å².